The monoisotopic (exact) mass is 236 g/mol. The molecule has 0 bridgehead atoms. The van der Waals surface area contributed by atoms with Gasteiger partial charge in [0.05, 0.1) is 0 Å². The summed E-state index contributed by atoms with van der Waals surface area (Å²) >= 11 is 0. The fourth-order valence-electron chi connectivity index (χ4n) is 1.55. The summed E-state index contributed by atoms with van der Waals surface area (Å²) in [6.07, 6.45) is 0. The first kappa shape index (κ1) is 14.0. The highest BCUT2D eigenvalue weighted by molar-refractivity contribution is 5.45. The van der Waals surface area contributed by atoms with Crippen LogP contribution in [-0.4, -0.2) is 31.9 Å². The number of benzene rings is 1. The van der Waals surface area contributed by atoms with Crippen molar-refractivity contribution in [1.29, 1.82) is 0 Å². The van der Waals surface area contributed by atoms with Crippen molar-refractivity contribution in [3.05, 3.63) is 29.8 Å². The molecule has 2 unspecified atom stereocenters. The fraction of sp³-hybridized carbons (Fsp3) is 0.571. The van der Waals surface area contributed by atoms with Crippen LogP contribution < -0.4 is 10.2 Å². The summed E-state index contributed by atoms with van der Waals surface area (Å²) in [6.45, 7) is 5.23. The zero-order valence-corrected chi connectivity index (χ0v) is 11.3. The molecular weight excluding hydrogens is 212 g/mol. The Balaban J connectivity index is 2.47. The van der Waals surface area contributed by atoms with Gasteiger partial charge in [-0.1, -0.05) is 19.1 Å². The maximum absolute atomic E-state index is 9.05. The summed E-state index contributed by atoms with van der Waals surface area (Å²) in [7, 11) is 4.08. The van der Waals surface area contributed by atoms with Crippen molar-refractivity contribution in [2.24, 2.45) is 5.92 Å². The van der Waals surface area contributed by atoms with Gasteiger partial charge in [0.1, 0.15) is 0 Å². The molecule has 0 radical (unpaired) electrons. The largest absolute Gasteiger partial charge is 0.396 e. The lowest BCUT2D eigenvalue weighted by Gasteiger charge is -2.19. The molecular formula is C14H24N2O. The maximum Gasteiger partial charge on any atom is 0.0471 e. The van der Waals surface area contributed by atoms with E-state index in [1.807, 2.05) is 21.0 Å². The first-order valence-electron chi connectivity index (χ1n) is 6.15. The van der Waals surface area contributed by atoms with Gasteiger partial charge in [-0.15, -0.1) is 0 Å². The number of hydrogen-bond acceptors (Lipinski definition) is 3. The molecule has 1 rings (SSSR count). The van der Waals surface area contributed by atoms with Crippen molar-refractivity contribution in [3.63, 3.8) is 0 Å². The Kier molecular flexibility index (Phi) is 5.45. The fourth-order valence-corrected chi connectivity index (χ4v) is 1.55. The average Bonchev–Trinajstić information content (AvgIpc) is 2.35. The van der Waals surface area contributed by atoms with E-state index >= 15 is 0 Å². The number of aliphatic hydroxyl groups excluding tert-OH is 1. The van der Waals surface area contributed by atoms with E-state index in [1.54, 1.807) is 0 Å². The molecule has 17 heavy (non-hydrogen) atoms. The van der Waals surface area contributed by atoms with Crippen molar-refractivity contribution < 1.29 is 5.11 Å². The van der Waals surface area contributed by atoms with E-state index < -0.39 is 0 Å². The Hall–Kier alpha value is -1.06. The van der Waals surface area contributed by atoms with Crippen LogP contribution in [0.3, 0.4) is 0 Å². The van der Waals surface area contributed by atoms with Crippen LogP contribution in [0, 0.1) is 5.92 Å². The van der Waals surface area contributed by atoms with Gasteiger partial charge >= 0.3 is 0 Å². The van der Waals surface area contributed by atoms with Crippen LogP contribution in [0.2, 0.25) is 0 Å². The lowest BCUT2D eigenvalue weighted by Crippen LogP contribution is -2.33. The third kappa shape index (κ3) is 4.36. The Morgan fingerprint density at radius 2 is 1.76 bits per heavy atom. The highest BCUT2D eigenvalue weighted by atomic mass is 16.3. The van der Waals surface area contributed by atoms with Crippen molar-refractivity contribution in [2.75, 3.05) is 25.6 Å². The predicted molar refractivity (Wildman–Crippen MR) is 73.3 cm³/mol. The van der Waals surface area contributed by atoms with E-state index in [9.17, 15) is 0 Å². The van der Waals surface area contributed by atoms with Gasteiger partial charge in [-0.05, 0) is 30.5 Å². The van der Waals surface area contributed by atoms with Gasteiger partial charge in [-0.2, -0.15) is 0 Å². The lowest BCUT2D eigenvalue weighted by molar-refractivity contribution is 0.207. The number of hydrogen-bond donors (Lipinski definition) is 2. The summed E-state index contributed by atoms with van der Waals surface area (Å²) < 4.78 is 0. The van der Waals surface area contributed by atoms with Crippen LogP contribution in [0.15, 0.2) is 24.3 Å². The molecule has 0 aromatic heterocycles. The number of anilines is 1. The molecule has 0 fully saturated rings. The van der Waals surface area contributed by atoms with Gasteiger partial charge in [0.2, 0.25) is 0 Å². The van der Waals surface area contributed by atoms with Crippen LogP contribution in [-0.2, 0) is 6.54 Å². The van der Waals surface area contributed by atoms with Crippen LogP contribution in [0.5, 0.6) is 0 Å². The van der Waals surface area contributed by atoms with Crippen LogP contribution in [0.25, 0.3) is 0 Å². The summed E-state index contributed by atoms with van der Waals surface area (Å²) in [5.41, 5.74) is 2.48. The van der Waals surface area contributed by atoms with E-state index in [-0.39, 0.29) is 12.5 Å². The van der Waals surface area contributed by atoms with Crippen LogP contribution >= 0.6 is 0 Å². The third-order valence-corrected chi connectivity index (χ3v) is 3.22. The SMILES string of the molecule is CC(CO)C(C)NCc1ccc(N(C)C)cc1. The first-order valence-corrected chi connectivity index (χ1v) is 6.15. The number of nitrogens with zero attached hydrogens (tertiary/aromatic N) is 1. The molecule has 96 valence electrons. The standard InChI is InChI=1S/C14H24N2O/c1-11(10-17)12(2)15-9-13-5-7-14(8-6-13)16(3)4/h5-8,11-12,15,17H,9-10H2,1-4H3. The zero-order valence-electron chi connectivity index (χ0n) is 11.3. The second-order valence-corrected chi connectivity index (χ2v) is 4.89. The highest BCUT2D eigenvalue weighted by Crippen LogP contribution is 2.12. The van der Waals surface area contributed by atoms with Gasteiger partial charge in [0, 0.05) is 39.0 Å². The number of nitrogens with one attached hydrogen (secondary N) is 1. The summed E-state index contributed by atoms with van der Waals surface area (Å²) in [5.74, 6) is 0.288. The lowest BCUT2D eigenvalue weighted by atomic mass is 10.0. The summed E-state index contributed by atoms with van der Waals surface area (Å²) in [4.78, 5) is 2.09. The number of rotatable bonds is 6. The van der Waals surface area contributed by atoms with Crippen molar-refractivity contribution in [2.45, 2.75) is 26.4 Å². The molecule has 2 N–H and O–H groups in total. The molecule has 0 aliphatic carbocycles. The Morgan fingerprint density at radius 3 is 2.24 bits per heavy atom. The van der Waals surface area contributed by atoms with Crippen molar-refractivity contribution in [1.82, 2.24) is 5.32 Å². The Labute approximate surface area is 104 Å². The Bertz CT molecular complexity index is 321. The smallest absolute Gasteiger partial charge is 0.0471 e. The van der Waals surface area contributed by atoms with Gasteiger partial charge in [-0.3, -0.25) is 0 Å². The van der Waals surface area contributed by atoms with E-state index in [2.05, 4.69) is 41.4 Å². The molecule has 0 amide bonds. The molecule has 1 aromatic carbocycles. The van der Waals surface area contributed by atoms with Gasteiger partial charge in [-0.25, -0.2) is 0 Å². The second-order valence-electron chi connectivity index (χ2n) is 4.89. The second kappa shape index (κ2) is 6.62. The molecule has 0 spiro atoms. The predicted octanol–water partition coefficient (Wildman–Crippen LogP) is 1.86. The minimum absolute atomic E-state index is 0.230. The maximum atomic E-state index is 9.05. The highest BCUT2D eigenvalue weighted by Gasteiger charge is 2.09. The number of aliphatic hydroxyl groups is 1. The minimum Gasteiger partial charge on any atom is -0.396 e. The summed E-state index contributed by atoms with van der Waals surface area (Å²) in [5, 5.41) is 12.5. The molecule has 0 saturated carbocycles. The van der Waals surface area contributed by atoms with Crippen molar-refractivity contribution >= 4 is 5.69 Å². The van der Waals surface area contributed by atoms with Crippen molar-refractivity contribution in [3.8, 4) is 0 Å². The third-order valence-electron chi connectivity index (χ3n) is 3.22. The van der Waals surface area contributed by atoms with Crippen LogP contribution in [0.1, 0.15) is 19.4 Å². The quantitative estimate of drug-likeness (QED) is 0.791. The Morgan fingerprint density at radius 1 is 1.18 bits per heavy atom. The zero-order chi connectivity index (χ0) is 12.8. The van der Waals surface area contributed by atoms with Gasteiger partial charge in [0.15, 0.2) is 0 Å². The topological polar surface area (TPSA) is 35.5 Å². The molecule has 3 nitrogen and oxygen atoms in total. The molecule has 3 heteroatoms. The van der Waals surface area contributed by atoms with E-state index in [0.717, 1.165) is 6.54 Å². The normalized spacial score (nSPS) is 14.4. The average molecular weight is 236 g/mol. The molecule has 1 aromatic rings. The van der Waals surface area contributed by atoms with E-state index in [0.29, 0.717) is 6.04 Å². The molecule has 0 aliphatic heterocycles. The molecule has 0 heterocycles. The van der Waals surface area contributed by atoms with Gasteiger partial charge < -0.3 is 15.3 Å². The molecule has 0 aliphatic rings. The summed E-state index contributed by atoms with van der Waals surface area (Å²) in [6, 6.07) is 8.85. The molecule has 2 atom stereocenters. The molecule has 0 saturated heterocycles. The first-order chi connectivity index (χ1) is 8.04. The van der Waals surface area contributed by atoms with E-state index in [1.165, 1.54) is 11.3 Å². The minimum atomic E-state index is 0.230. The van der Waals surface area contributed by atoms with E-state index in [4.69, 9.17) is 5.11 Å². The van der Waals surface area contributed by atoms with Crippen LogP contribution in [0.4, 0.5) is 5.69 Å². The van der Waals surface area contributed by atoms with Gasteiger partial charge in [0.25, 0.3) is 0 Å².